The number of alkyl carbamates (subject to hydrolysis) is 1. The molecule has 0 bridgehead atoms. The fraction of sp³-hybridized carbons (Fsp3) is 0.625. The smallest absolute Gasteiger partial charge is 0.414 e. The van der Waals surface area contributed by atoms with E-state index in [4.69, 9.17) is 14.9 Å². The average Bonchev–Trinajstić information content (AvgIpc) is 2.98. The molecule has 16 heteroatoms. The predicted molar refractivity (Wildman–Crippen MR) is 182 cm³/mol. The van der Waals surface area contributed by atoms with E-state index in [1.165, 1.54) is 5.56 Å². The van der Waals surface area contributed by atoms with Gasteiger partial charge in [0.05, 0.1) is 6.54 Å². The van der Waals surface area contributed by atoms with Crippen molar-refractivity contribution < 1.29 is 38.9 Å². The van der Waals surface area contributed by atoms with E-state index in [1.807, 2.05) is 30.4 Å². The summed E-state index contributed by atoms with van der Waals surface area (Å²) in [5.74, 6) is -0.504. The van der Waals surface area contributed by atoms with Gasteiger partial charge in [-0.2, -0.15) is 0 Å². The summed E-state index contributed by atoms with van der Waals surface area (Å²) in [5, 5.41) is 32.8. The molecule has 0 aromatic heterocycles. The number of amides is 6. The maximum atomic E-state index is 12.1. The Morgan fingerprint density at radius 3 is 2.17 bits per heavy atom. The van der Waals surface area contributed by atoms with E-state index in [9.17, 15) is 24.0 Å². The molecule has 16 nitrogen and oxygen atoms in total. The zero-order valence-electron chi connectivity index (χ0n) is 28.6. The predicted octanol–water partition coefficient (Wildman–Crippen LogP) is 3.44. The van der Waals surface area contributed by atoms with Crippen LogP contribution in [0.2, 0.25) is 0 Å². The number of nitrogens with one attached hydrogen (secondary N) is 6. The van der Waals surface area contributed by atoms with Crippen molar-refractivity contribution in [3.63, 3.8) is 0 Å². The highest BCUT2D eigenvalue weighted by atomic mass is 16.6. The zero-order valence-corrected chi connectivity index (χ0v) is 28.6. The van der Waals surface area contributed by atoms with E-state index < -0.39 is 29.9 Å². The van der Waals surface area contributed by atoms with Crippen molar-refractivity contribution in [1.82, 2.24) is 36.8 Å². The van der Waals surface area contributed by atoms with Crippen molar-refractivity contribution in [2.45, 2.75) is 90.8 Å². The molecule has 0 saturated carbocycles. The third kappa shape index (κ3) is 23.7. The molecule has 1 aromatic carbocycles. The monoisotopic (exact) mass is 678 g/mol. The molecule has 1 aromatic rings. The van der Waals surface area contributed by atoms with Gasteiger partial charge in [0.2, 0.25) is 11.9 Å². The number of hydrogen-bond donors (Lipinski definition) is 8. The van der Waals surface area contributed by atoms with Gasteiger partial charge in [0, 0.05) is 38.8 Å². The average molecular weight is 679 g/mol. The summed E-state index contributed by atoms with van der Waals surface area (Å²) in [4.78, 5) is 64.3. The first-order valence-electron chi connectivity index (χ1n) is 16.3. The molecule has 0 aliphatic heterocycles. The van der Waals surface area contributed by atoms with Crippen LogP contribution >= 0.6 is 0 Å². The first-order chi connectivity index (χ1) is 22.7. The van der Waals surface area contributed by atoms with Gasteiger partial charge in [-0.25, -0.2) is 19.2 Å². The minimum absolute atomic E-state index is 0.141. The number of carbonyl (C=O) groups is 5. The molecule has 1 atom stereocenters. The number of rotatable bonds is 20. The van der Waals surface area contributed by atoms with Crippen LogP contribution in [0.4, 0.5) is 19.2 Å². The molecule has 270 valence electrons. The van der Waals surface area contributed by atoms with Crippen LogP contribution in [0, 0.1) is 0 Å². The quantitative estimate of drug-likeness (QED) is 0.0574. The standard InChI is InChI=1S/C32H54N8O8/c1-24(37-29(43)44)16-21-40(23-25-14-8-7-9-15-25)20-13-12-19-35-28(42)36-22-26(41)33-17-10-5-6-11-18-34-27(38-30(45)46)39-31(47)48-32(2,3)4/h7-9,14-15,24,37H,5-6,10-13,16-23H2,1-4H3,(H,33,41)(H,43,44)(H,45,46)(H2,35,36,42)(H2,34,38,39,47). The molecule has 6 amide bonds. The second kappa shape index (κ2) is 23.7. The van der Waals surface area contributed by atoms with Crippen molar-refractivity contribution in [1.29, 1.82) is 0 Å². The summed E-state index contributed by atoms with van der Waals surface area (Å²) >= 11 is 0. The van der Waals surface area contributed by atoms with Crippen LogP contribution in [0.25, 0.3) is 0 Å². The second-order valence-electron chi connectivity index (χ2n) is 12.3. The maximum Gasteiger partial charge on any atom is 0.414 e. The Kier molecular flexibility index (Phi) is 20.4. The van der Waals surface area contributed by atoms with Crippen LogP contribution in [0.5, 0.6) is 0 Å². The van der Waals surface area contributed by atoms with Crippen LogP contribution in [-0.4, -0.2) is 102 Å². The van der Waals surface area contributed by atoms with E-state index in [-0.39, 0.29) is 31.0 Å². The summed E-state index contributed by atoms with van der Waals surface area (Å²) in [7, 11) is 0. The zero-order chi connectivity index (χ0) is 35.8. The van der Waals surface area contributed by atoms with E-state index in [2.05, 4.69) is 48.6 Å². The largest absolute Gasteiger partial charge is 0.465 e. The molecule has 0 saturated heterocycles. The fourth-order valence-corrected chi connectivity index (χ4v) is 4.34. The van der Waals surface area contributed by atoms with Crippen LogP contribution < -0.4 is 31.9 Å². The number of ether oxygens (including phenoxy) is 1. The lowest BCUT2D eigenvalue weighted by Gasteiger charge is -2.24. The number of nitrogens with zero attached hydrogens (tertiary/aromatic N) is 2. The summed E-state index contributed by atoms with van der Waals surface area (Å²) < 4.78 is 5.10. The maximum absolute atomic E-state index is 12.1. The summed E-state index contributed by atoms with van der Waals surface area (Å²) in [6.07, 6.45) is 2.00. The van der Waals surface area contributed by atoms with Gasteiger partial charge >= 0.3 is 24.3 Å². The van der Waals surface area contributed by atoms with Crippen LogP contribution in [0.3, 0.4) is 0 Å². The Bertz CT molecular complexity index is 1160. The summed E-state index contributed by atoms with van der Waals surface area (Å²) in [6.45, 7) is 10.2. The van der Waals surface area contributed by atoms with Gasteiger partial charge in [0.15, 0.2) is 0 Å². The SMILES string of the molecule is CC(CCN(CCCCNC(=O)NCC(=O)NCCCCCCN=C(NC(=O)O)NC(=O)OC(C)(C)C)Cc1ccccc1)NC(=O)O. The third-order valence-electron chi connectivity index (χ3n) is 6.62. The molecular formula is C32H54N8O8. The topological polar surface area (TPSA) is 223 Å². The molecule has 0 spiro atoms. The number of urea groups is 1. The first-order valence-corrected chi connectivity index (χ1v) is 16.3. The molecule has 0 aliphatic rings. The van der Waals surface area contributed by atoms with Gasteiger partial charge in [-0.1, -0.05) is 43.2 Å². The Morgan fingerprint density at radius 2 is 1.50 bits per heavy atom. The molecule has 0 heterocycles. The highest BCUT2D eigenvalue weighted by Gasteiger charge is 2.18. The molecule has 0 fully saturated rings. The van der Waals surface area contributed by atoms with Crippen molar-refractivity contribution in [3.8, 4) is 0 Å². The van der Waals surface area contributed by atoms with E-state index >= 15 is 0 Å². The number of carbonyl (C=O) groups excluding carboxylic acids is 3. The molecule has 48 heavy (non-hydrogen) atoms. The molecule has 1 unspecified atom stereocenters. The van der Waals surface area contributed by atoms with Gasteiger partial charge in [0.1, 0.15) is 5.60 Å². The van der Waals surface area contributed by atoms with E-state index in [0.717, 1.165) is 45.3 Å². The Hall–Kier alpha value is -4.60. The lowest BCUT2D eigenvalue weighted by Crippen LogP contribution is -2.45. The van der Waals surface area contributed by atoms with Crippen LogP contribution in [0.1, 0.15) is 78.2 Å². The number of guanidine groups is 1. The molecular weight excluding hydrogens is 624 g/mol. The number of benzene rings is 1. The molecule has 1 rings (SSSR count). The number of aliphatic imine (C=N–C) groups is 1. The number of unbranched alkanes of at least 4 members (excludes halogenated alkanes) is 4. The third-order valence-corrected chi connectivity index (χ3v) is 6.62. The Balaban J connectivity index is 2.20. The van der Waals surface area contributed by atoms with Crippen molar-refractivity contribution >= 4 is 36.2 Å². The van der Waals surface area contributed by atoms with Crippen molar-refractivity contribution in [3.05, 3.63) is 35.9 Å². The summed E-state index contributed by atoms with van der Waals surface area (Å²) in [6, 6.07) is 9.48. The number of hydrogen-bond acceptors (Lipinski definition) is 8. The summed E-state index contributed by atoms with van der Waals surface area (Å²) in [5.41, 5.74) is 0.434. The highest BCUT2D eigenvalue weighted by Crippen LogP contribution is 2.08. The van der Waals surface area contributed by atoms with Gasteiger partial charge in [-0.3, -0.25) is 25.3 Å². The van der Waals surface area contributed by atoms with E-state index in [1.54, 1.807) is 20.8 Å². The fourth-order valence-electron chi connectivity index (χ4n) is 4.34. The normalized spacial score (nSPS) is 12.1. The van der Waals surface area contributed by atoms with Crippen molar-refractivity contribution in [2.75, 3.05) is 39.3 Å². The molecule has 8 N–H and O–H groups in total. The minimum Gasteiger partial charge on any atom is -0.465 e. The Labute approximate surface area is 282 Å². The van der Waals surface area contributed by atoms with E-state index in [0.29, 0.717) is 32.4 Å². The van der Waals surface area contributed by atoms with Gasteiger partial charge in [-0.15, -0.1) is 0 Å². The minimum atomic E-state index is -1.36. The lowest BCUT2D eigenvalue weighted by atomic mass is 10.1. The molecule has 0 radical (unpaired) electrons. The molecule has 0 aliphatic carbocycles. The highest BCUT2D eigenvalue weighted by molar-refractivity contribution is 6.00. The second-order valence-corrected chi connectivity index (χ2v) is 12.3. The first kappa shape index (κ1) is 41.4. The van der Waals surface area contributed by atoms with Gasteiger partial charge in [-0.05, 0) is 71.9 Å². The van der Waals surface area contributed by atoms with Crippen LogP contribution in [-0.2, 0) is 16.1 Å². The lowest BCUT2D eigenvalue weighted by molar-refractivity contribution is -0.120. The van der Waals surface area contributed by atoms with Gasteiger partial charge in [0.25, 0.3) is 0 Å². The van der Waals surface area contributed by atoms with Gasteiger partial charge < -0.3 is 36.2 Å². The van der Waals surface area contributed by atoms with Crippen LogP contribution in [0.15, 0.2) is 35.3 Å². The number of carboxylic acid groups (broad SMARTS) is 2. The van der Waals surface area contributed by atoms with Crippen molar-refractivity contribution in [2.24, 2.45) is 4.99 Å². The Morgan fingerprint density at radius 1 is 0.833 bits per heavy atom.